The first kappa shape index (κ1) is 12.7. The van der Waals surface area contributed by atoms with Crippen LogP contribution in [-0.4, -0.2) is 4.98 Å². The lowest BCUT2D eigenvalue weighted by Gasteiger charge is -2.00. The molecule has 0 N–H and O–H groups in total. The van der Waals surface area contributed by atoms with E-state index in [-0.39, 0.29) is 0 Å². The average molecular weight is 379 g/mol. The van der Waals surface area contributed by atoms with Gasteiger partial charge < -0.3 is 4.42 Å². The second kappa shape index (κ2) is 5.79. The Morgan fingerprint density at radius 3 is 2.00 bits per heavy atom. The molecule has 0 aliphatic rings. The van der Waals surface area contributed by atoms with Crippen LogP contribution in [0, 0.1) is 0 Å². The Kier molecular flexibility index (Phi) is 3.89. The van der Waals surface area contributed by atoms with E-state index in [4.69, 9.17) is 4.42 Å². The number of benzene rings is 2. The molecule has 0 spiro atoms. The van der Waals surface area contributed by atoms with Crippen molar-refractivity contribution in [3.63, 3.8) is 0 Å². The summed E-state index contributed by atoms with van der Waals surface area (Å²) >= 11 is 2.18. The van der Waals surface area contributed by atoms with Crippen LogP contribution in [0.1, 0.15) is 0 Å². The second-order valence-corrected chi connectivity index (χ2v) is 5.79. The highest BCUT2D eigenvalue weighted by atomic mass is 127. The third-order valence-electron chi connectivity index (χ3n) is 2.76. The van der Waals surface area contributed by atoms with Gasteiger partial charge in [-0.3, -0.25) is 0 Å². The Morgan fingerprint density at radius 1 is 0.842 bits per heavy atom. The van der Waals surface area contributed by atoms with Crippen molar-refractivity contribution in [2.75, 3.05) is 0 Å². The fraction of sp³-hybridized carbons (Fsp3) is 0. The van der Waals surface area contributed by atoms with E-state index in [1.807, 2.05) is 60.7 Å². The molecule has 0 radical (unpaired) electrons. The zero-order valence-electron chi connectivity index (χ0n) is 9.92. The highest BCUT2D eigenvalue weighted by Crippen LogP contribution is 2.37. The number of nitrogens with zero attached hydrogens (tertiary/aromatic N) is 1. The maximum absolute atomic E-state index is 5.85. The van der Waals surface area contributed by atoms with Crippen molar-refractivity contribution in [2.45, 2.75) is 5.22 Å². The Hall–Kier alpha value is -1.27. The Balaban J connectivity index is 2.17. The maximum Gasteiger partial charge on any atom is 0.267 e. The molecular weight excluding hydrogens is 369 g/mol. The summed E-state index contributed by atoms with van der Waals surface area (Å²) < 4.78 is 5.85. The molecule has 2 nitrogen and oxygen atoms in total. The van der Waals surface area contributed by atoms with E-state index in [9.17, 15) is 0 Å². The first-order valence-corrected chi connectivity index (χ1v) is 9.14. The summed E-state index contributed by atoms with van der Waals surface area (Å²) in [5.41, 5.74) is 3.01. The molecule has 0 amide bonds. The van der Waals surface area contributed by atoms with E-state index in [2.05, 4.69) is 26.2 Å². The molecule has 94 valence electrons. The number of aromatic nitrogens is 1. The minimum atomic E-state index is 0.679. The van der Waals surface area contributed by atoms with Crippen LogP contribution in [0.25, 0.3) is 22.6 Å². The SMILES string of the molecule is ISc1nc(-c2ccccc2)c(-c2ccccc2)o1. The fourth-order valence-electron chi connectivity index (χ4n) is 1.91. The molecular formula is C15H10INOS. The third-order valence-corrected chi connectivity index (χ3v) is 4.19. The molecule has 4 heteroatoms. The summed E-state index contributed by atoms with van der Waals surface area (Å²) in [7, 11) is 1.49. The van der Waals surface area contributed by atoms with Gasteiger partial charge in [0.2, 0.25) is 0 Å². The van der Waals surface area contributed by atoms with Crippen LogP contribution in [0.5, 0.6) is 0 Å². The Morgan fingerprint density at radius 2 is 1.42 bits per heavy atom. The van der Waals surface area contributed by atoms with Gasteiger partial charge in [-0.05, 0) is 0 Å². The molecule has 1 aromatic heterocycles. The van der Waals surface area contributed by atoms with Crippen molar-refractivity contribution in [3.05, 3.63) is 60.7 Å². The molecule has 0 aliphatic carbocycles. The third kappa shape index (κ3) is 2.69. The van der Waals surface area contributed by atoms with Gasteiger partial charge in [-0.2, -0.15) is 0 Å². The van der Waals surface area contributed by atoms with E-state index >= 15 is 0 Å². The predicted octanol–water partition coefficient (Wildman–Crippen LogP) is 5.45. The van der Waals surface area contributed by atoms with E-state index in [0.29, 0.717) is 5.22 Å². The summed E-state index contributed by atoms with van der Waals surface area (Å²) in [6.07, 6.45) is 0. The number of hydrogen-bond acceptors (Lipinski definition) is 3. The minimum Gasteiger partial charge on any atom is -0.430 e. The van der Waals surface area contributed by atoms with Crippen molar-refractivity contribution in [1.82, 2.24) is 4.98 Å². The lowest BCUT2D eigenvalue weighted by atomic mass is 10.1. The van der Waals surface area contributed by atoms with Gasteiger partial charge in [-0.1, -0.05) is 60.7 Å². The van der Waals surface area contributed by atoms with E-state index in [1.165, 1.54) is 8.93 Å². The largest absolute Gasteiger partial charge is 0.430 e. The first-order valence-electron chi connectivity index (χ1n) is 5.79. The molecule has 0 bridgehead atoms. The standard InChI is InChI=1S/C15H10INOS/c16-19-15-17-13(11-7-3-1-4-8-11)14(18-15)12-9-5-2-6-10-12/h1-10H. The van der Waals surface area contributed by atoms with Crippen molar-refractivity contribution in [2.24, 2.45) is 0 Å². The molecule has 1 heterocycles. The summed E-state index contributed by atoms with van der Waals surface area (Å²) in [5, 5.41) is 0.679. The van der Waals surface area contributed by atoms with Gasteiger partial charge in [-0.15, -0.1) is 0 Å². The lowest BCUT2D eigenvalue weighted by molar-refractivity contribution is 0.468. The number of oxazole rings is 1. The molecule has 0 atom stereocenters. The van der Waals surface area contributed by atoms with Crippen LogP contribution in [0.3, 0.4) is 0 Å². The molecule has 3 aromatic rings. The van der Waals surface area contributed by atoms with Crippen molar-refractivity contribution in [1.29, 1.82) is 0 Å². The van der Waals surface area contributed by atoms with E-state index in [0.717, 1.165) is 22.6 Å². The van der Waals surface area contributed by atoms with Gasteiger partial charge in [0.25, 0.3) is 5.22 Å². The quantitative estimate of drug-likeness (QED) is 0.566. The molecule has 2 aromatic carbocycles. The molecule has 19 heavy (non-hydrogen) atoms. The zero-order valence-corrected chi connectivity index (χ0v) is 12.9. The molecule has 0 unspecified atom stereocenters. The smallest absolute Gasteiger partial charge is 0.267 e. The molecule has 0 fully saturated rings. The van der Waals surface area contributed by atoms with Gasteiger partial charge >= 0.3 is 0 Å². The summed E-state index contributed by atoms with van der Waals surface area (Å²) in [4.78, 5) is 4.56. The van der Waals surface area contributed by atoms with Crippen LogP contribution in [0.2, 0.25) is 0 Å². The highest BCUT2D eigenvalue weighted by Gasteiger charge is 2.16. The van der Waals surface area contributed by atoms with Gasteiger partial charge in [0.1, 0.15) is 5.69 Å². The van der Waals surface area contributed by atoms with Crippen LogP contribution in [0.15, 0.2) is 70.3 Å². The molecule has 0 aliphatic heterocycles. The minimum absolute atomic E-state index is 0.679. The van der Waals surface area contributed by atoms with Gasteiger partial charge in [0, 0.05) is 41.3 Å². The number of halogens is 1. The van der Waals surface area contributed by atoms with Crippen molar-refractivity contribution >= 4 is 30.1 Å². The van der Waals surface area contributed by atoms with E-state index < -0.39 is 0 Å². The summed E-state index contributed by atoms with van der Waals surface area (Å²) in [6.45, 7) is 0. The molecule has 3 rings (SSSR count). The topological polar surface area (TPSA) is 26.0 Å². The fourth-order valence-corrected chi connectivity index (χ4v) is 2.72. The molecule has 0 saturated heterocycles. The second-order valence-electron chi connectivity index (χ2n) is 3.97. The molecule has 0 saturated carbocycles. The number of hydrogen-bond donors (Lipinski definition) is 0. The predicted molar refractivity (Wildman–Crippen MR) is 87.3 cm³/mol. The van der Waals surface area contributed by atoms with Crippen LogP contribution >= 0.6 is 30.1 Å². The Labute approximate surface area is 127 Å². The zero-order chi connectivity index (χ0) is 13.1. The average Bonchev–Trinajstić information content (AvgIpc) is 2.93. The Bertz CT molecular complexity index is 610. The van der Waals surface area contributed by atoms with Gasteiger partial charge in [0.05, 0.1) is 0 Å². The lowest BCUT2D eigenvalue weighted by Crippen LogP contribution is -1.81. The van der Waals surface area contributed by atoms with Crippen molar-refractivity contribution < 1.29 is 4.42 Å². The van der Waals surface area contributed by atoms with E-state index in [1.54, 1.807) is 0 Å². The van der Waals surface area contributed by atoms with Crippen LogP contribution in [0.4, 0.5) is 0 Å². The number of rotatable bonds is 3. The summed E-state index contributed by atoms with van der Waals surface area (Å²) in [6, 6.07) is 20.2. The van der Waals surface area contributed by atoms with Crippen LogP contribution < -0.4 is 0 Å². The summed E-state index contributed by atoms with van der Waals surface area (Å²) in [5.74, 6) is 0.825. The first-order chi connectivity index (χ1) is 9.38. The normalized spacial score (nSPS) is 10.6. The highest BCUT2D eigenvalue weighted by molar-refractivity contribution is 14.2. The van der Waals surface area contributed by atoms with Crippen LogP contribution in [-0.2, 0) is 0 Å². The van der Waals surface area contributed by atoms with Crippen molar-refractivity contribution in [3.8, 4) is 22.6 Å². The maximum atomic E-state index is 5.85. The monoisotopic (exact) mass is 379 g/mol. The van der Waals surface area contributed by atoms with Gasteiger partial charge in [0.15, 0.2) is 5.76 Å². The van der Waals surface area contributed by atoms with Gasteiger partial charge in [-0.25, -0.2) is 4.98 Å².